The fourth-order valence-electron chi connectivity index (χ4n) is 1.83. The van der Waals surface area contributed by atoms with Crippen LogP contribution in [-0.2, 0) is 17.9 Å². The average molecular weight is 366 g/mol. The summed E-state index contributed by atoms with van der Waals surface area (Å²) in [6.45, 7) is 0.470. The van der Waals surface area contributed by atoms with Crippen molar-refractivity contribution in [2.75, 3.05) is 7.11 Å². The Bertz CT molecular complexity index is 646. The number of carbonyl (C=O) groups is 1. The number of carbonyl (C=O) groups excluding carboxylic acids is 1. The van der Waals surface area contributed by atoms with Crippen molar-refractivity contribution in [3.8, 4) is 11.5 Å². The SMILES string of the molecule is COc1cc(CNC(=O)OCc2ccccc2)c(Br)cc1O. The van der Waals surface area contributed by atoms with Crippen LogP contribution in [-0.4, -0.2) is 18.3 Å². The molecule has 0 saturated carbocycles. The molecule has 0 saturated heterocycles. The van der Waals surface area contributed by atoms with Crippen LogP contribution >= 0.6 is 15.9 Å². The van der Waals surface area contributed by atoms with E-state index >= 15 is 0 Å². The number of nitrogens with one attached hydrogen (secondary N) is 1. The number of methoxy groups -OCH3 is 1. The monoisotopic (exact) mass is 365 g/mol. The van der Waals surface area contributed by atoms with E-state index < -0.39 is 6.09 Å². The van der Waals surface area contributed by atoms with E-state index in [0.717, 1.165) is 11.1 Å². The third kappa shape index (κ3) is 4.39. The molecule has 0 radical (unpaired) electrons. The Kier molecular flexibility index (Phi) is 5.66. The summed E-state index contributed by atoms with van der Waals surface area (Å²) in [6, 6.07) is 12.6. The molecule has 2 rings (SSSR count). The van der Waals surface area contributed by atoms with E-state index in [0.29, 0.717) is 10.2 Å². The van der Waals surface area contributed by atoms with Crippen molar-refractivity contribution in [2.24, 2.45) is 0 Å². The van der Waals surface area contributed by atoms with E-state index in [2.05, 4.69) is 21.2 Å². The third-order valence-corrected chi connectivity index (χ3v) is 3.72. The van der Waals surface area contributed by atoms with E-state index in [9.17, 15) is 9.90 Å². The molecule has 2 aromatic carbocycles. The van der Waals surface area contributed by atoms with Crippen LogP contribution in [0, 0.1) is 0 Å². The minimum absolute atomic E-state index is 0.0322. The van der Waals surface area contributed by atoms with Crippen LogP contribution in [0.2, 0.25) is 0 Å². The highest BCUT2D eigenvalue weighted by Gasteiger charge is 2.10. The van der Waals surface area contributed by atoms with Gasteiger partial charge in [0.1, 0.15) is 6.61 Å². The van der Waals surface area contributed by atoms with Crippen LogP contribution in [0.4, 0.5) is 4.79 Å². The van der Waals surface area contributed by atoms with Gasteiger partial charge in [0.25, 0.3) is 0 Å². The maximum Gasteiger partial charge on any atom is 0.407 e. The fraction of sp³-hybridized carbons (Fsp3) is 0.188. The number of ether oxygens (including phenoxy) is 2. The molecule has 0 aromatic heterocycles. The Morgan fingerprint density at radius 1 is 1.27 bits per heavy atom. The van der Waals surface area contributed by atoms with Gasteiger partial charge in [-0.25, -0.2) is 4.79 Å². The number of benzene rings is 2. The number of halogens is 1. The molecule has 22 heavy (non-hydrogen) atoms. The van der Waals surface area contributed by atoms with Crippen molar-refractivity contribution < 1.29 is 19.4 Å². The molecule has 5 nitrogen and oxygen atoms in total. The van der Waals surface area contributed by atoms with E-state index in [1.165, 1.54) is 13.2 Å². The first-order chi connectivity index (χ1) is 10.6. The lowest BCUT2D eigenvalue weighted by Crippen LogP contribution is -2.23. The van der Waals surface area contributed by atoms with Crippen LogP contribution in [0.5, 0.6) is 11.5 Å². The predicted octanol–water partition coefficient (Wildman–Crippen LogP) is 3.59. The Balaban J connectivity index is 1.88. The number of hydrogen-bond donors (Lipinski definition) is 2. The van der Waals surface area contributed by atoms with Crippen LogP contribution in [0.3, 0.4) is 0 Å². The second-order valence-corrected chi connectivity index (χ2v) is 5.39. The summed E-state index contributed by atoms with van der Waals surface area (Å²) in [5.41, 5.74) is 1.69. The molecule has 0 unspecified atom stereocenters. The van der Waals surface area contributed by atoms with E-state index in [1.807, 2.05) is 30.3 Å². The summed E-state index contributed by atoms with van der Waals surface area (Å²) >= 11 is 3.33. The molecular weight excluding hydrogens is 350 g/mol. The maximum atomic E-state index is 11.7. The van der Waals surface area contributed by atoms with Crippen molar-refractivity contribution >= 4 is 22.0 Å². The molecule has 0 aliphatic rings. The summed E-state index contributed by atoms with van der Waals surface area (Å²) in [6.07, 6.45) is -0.511. The number of phenols is 1. The first-order valence-electron chi connectivity index (χ1n) is 6.60. The molecule has 2 N–H and O–H groups in total. The molecule has 0 aliphatic carbocycles. The lowest BCUT2D eigenvalue weighted by atomic mass is 10.2. The van der Waals surface area contributed by atoms with Gasteiger partial charge >= 0.3 is 6.09 Å². The predicted molar refractivity (Wildman–Crippen MR) is 85.8 cm³/mol. The van der Waals surface area contributed by atoms with Crippen LogP contribution < -0.4 is 10.1 Å². The normalized spacial score (nSPS) is 10.1. The smallest absolute Gasteiger partial charge is 0.407 e. The molecule has 0 bridgehead atoms. The second-order valence-electron chi connectivity index (χ2n) is 4.53. The second kappa shape index (κ2) is 7.70. The Hall–Kier alpha value is -2.21. The molecule has 0 atom stereocenters. The topological polar surface area (TPSA) is 67.8 Å². The number of amides is 1. The first kappa shape index (κ1) is 16.2. The zero-order valence-corrected chi connectivity index (χ0v) is 13.6. The van der Waals surface area contributed by atoms with Crippen LogP contribution in [0.25, 0.3) is 0 Å². The lowest BCUT2D eigenvalue weighted by molar-refractivity contribution is 0.139. The van der Waals surface area contributed by atoms with Gasteiger partial charge < -0.3 is 19.9 Å². The van der Waals surface area contributed by atoms with Crippen molar-refractivity contribution in [1.82, 2.24) is 5.32 Å². The highest BCUT2D eigenvalue weighted by Crippen LogP contribution is 2.32. The number of rotatable bonds is 5. The number of alkyl carbamates (subject to hydrolysis) is 1. The van der Waals surface area contributed by atoms with Gasteiger partial charge in [0.05, 0.1) is 7.11 Å². The minimum atomic E-state index is -0.511. The summed E-state index contributed by atoms with van der Waals surface area (Å²) in [4.78, 5) is 11.7. The zero-order valence-electron chi connectivity index (χ0n) is 12.0. The molecule has 0 aliphatic heterocycles. The standard InChI is InChI=1S/C16H16BrNO4/c1-21-15-7-12(13(17)8-14(15)19)9-18-16(20)22-10-11-5-3-2-4-6-11/h2-8,19H,9-10H2,1H3,(H,18,20). The molecular formula is C16H16BrNO4. The van der Waals surface area contributed by atoms with Gasteiger partial charge in [-0.2, -0.15) is 0 Å². The van der Waals surface area contributed by atoms with E-state index in [1.54, 1.807) is 6.07 Å². The van der Waals surface area contributed by atoms with Gasteiger partial charge in [0.15, 0.2) is 11.5 Å². The summed E-state index contributed by atoms with van der Waals surface area (Å²) in [7, 11) is 1.47. The third-order valence-electron chi connectivity index (χ3n) is 2.98. The summed E-state index contributed by atoms with van der Waals surface area (Å²) < 4.78 is 10.8. The van der Waals surface area contributed by atoms with Gasteiger partial charge in [-0.05, 0) is 23.3 Å². The van der Waals surface area contributed by atoms with Gasteiger partial charge in [-0.1, -0.05) is 46.3 Å². The molecule has 116 valence electrons. The molecule has 0 spiro atoms. The van der Waals surface area contributed by atoms with E-state index in [-0.39, 0.29) is 18.9 Å². The molecule has 6 heteroatoms. The summed E-state index contributed by atoms with van der Waals surface area (Å²) in [5.74, 6) is 0.377. The number of phenolic OH excluding ortho intramolecular Hbond substituents is 1. The van der Waals surface area contributed by atoms with Crippen LogP contribution in [0.15, 0.2) is 46.9 Å². The highest BCUT2D eigenvalue weighted by molar-refractivity contribution is 9.10. The van der Waals surface area contributed by atoms with Gasteiger partial charge in [0, 0.05) is 11.0 Å². The van der Waals surface area contributed by atoms with E-state index in [4.69, 9.17) is 9.47 Å². The quantitative estimate of drug-likeness (QED) is 0.849. The fourth-order valence-corrected chi connectivity index (χ4v) is 2.30. The Labute approximate surface area is 137 Å². The van der Waals surface area contributed by atoms with Crippen molar-refractivity contribution in [2.45, 2.75) is 13.2 Å². The zero-order chi connectivity index (χ0) is 15.9. The average Bonchev–Trinajstić information content (AvgIpc) is 2.53. The maximum absolute atomic E-state index is 11.7. The van der Waals surface area contributed by atoms with Gasteiger partial charge in [-0.15, -0.1) is 0 Å². The van der Waals surface area contributed by atoms with Gasteiger partial charge in [0.2, 0.25) is 0 Å². The lowest BCUT2D eigenvalue weighted by Gasteiger charge is -2.11. The molecule has 0 fully saturated rings. The first-order valence-corrected chi connectivity index (χ1v) is 7.39. The summed E-state index contributed by atoms with van der Waals surface area (Å²) in [5, 5.41) is 12.3. The largest absolute Gasteiger partial charge is 0.504 e. The van der Waals surface area contributed by atoms with Crippen molar-refractivity contribution in [3.63, 3.8) is 0 Å². The molecule has 2 aromatic rings. The Morgan fingerprint density at radius 3 is 2.68 bits per heavy atom. The Morgan fingerprint density at radius 2 is 2.00 bits per heavy atom. The molecule has 1 amide bonds. The number of aromatic hydroxyl groups is 1. The van der Waals surface area contributed by atoms with Crippen molar-refractivity contribution in [1.29, 1.82) is 0 Å². The minimum Gasteiger partial charge on any atom is -0.504 e. The van der Waals surface area contributed by atoms with Gasteiger partial charge in [-0.3, -0.25) is 0 Å². The highest BCUT2D eigenvalue weighted by atomic mass is 79.9. The molecule has 0 heterocycles. The number of hydrogen-bond acceptors (Lipinski definition) is 4. The van der Waals surface area contributed by atoms with Crippen LogP contribution in [0.1, 0.15) is 11.1 Å². The van der Waals surface area contributed by atoms with Crippen molar-refractivity contribution in [3.05, 3.63) is 58.1 Å².